The number of hydrogen-bond donors (Lipinski definition) is 1. The Balaban J connectivity index is 1.99. The lowest BCUT2D eigenvalue weighted by molar-refractivity contribution is 0.0765. The van der Waals surface area contributed by atoms with Gasteiger partial charge in [0.2, 0.25) is 0 Å². The largest absolute Gasteiger partial charge is 0.343 e. The lowest BCUT2D eigenvalue weighted by Crippen LogP contribution is -2.53. The molecule has 3 nitrogen and oxygen atoms in total. The molecule has 1 saturated carbocycles. The summed E-state index contributed by atoms with van der Waals surface area (Å²) < 4.78 is 0. The Labute approximate surface area is 163 Å². The predicted molar refractivity (Wildman–Crippen MR) is 112 cm³/mol. The Morgan fingerprint density at radius 3 is 2.15 bits per heavy atom. The normalized spacial score (nSPS) is 17.3. The molecule has 1 N–H and O–H groups in total. The van der Waals surface area contributed by atoms with Gasteiger partial charge in [-0.15, -0.1) is 0 Å². The van der Waals surface area contributed by atoms with Crippen LogP contribution in [0.3, 0.4) is 0 Å². The standard InChI is InChI=1S/C24H32N2O/c1-18(2)20-14-8-9-15-21(20)23(27)25-22(19-12-6-5-7-13-19)24(26(3)4)16-10-11-17-24/h5-9,12-15,18,22H,10-11,16-17H2,1-4H3,(H,25,27). The molecule has 1 unspecified atom stereocenters. The molecule has 0 radical (unpaired) electrons. The molecule has 1 aliphatic rings. The average Bonchev–Trinajstić information content (AvgIpc) is 3.17. The third-order valence-electron chi connectivity index (χ3n) is 6.13. The second-order valence-electron chi connectivity index (χ2n) is 8.26. The van der Waals surface area contributed by atoms with Crippen LogP contribution in [0.2, 0.25) is 0 Å². The van der Waals surface area contributed by atoms with Gasteiger partial charge in [-0.1, -0.05) is 75.2 Å². The molecule has 2 aromatic carbocycles. The Hall–Kier alpha value is -2.13. The first-order valence-corrected chi connectivity index (χ1v) is 10.1. The second kappa shape index (κ2) is 8.26. The molecule has 1 aliphatic carbocycles. The van der Waals surface area contributed by atoms with Crippen LogP contribution in [-0.2, 0) is 0 Å². The van der Waals surface area contributed by atoms with Crippen molar-refractivity contribution < 1.29 is 4.79 Å². The van der Waals surface area contributed by atoms with Crippen molar-refractivity contribution in [3.8, 4) is 0 Å². The number of hydrogen-bond acceptors (Lipinski definition) is 2. The van der Waals surface area contributed by atoms with E-state index < -0.39 is 0 Å². The van der Waals surface area contributed by atoms with Gasteiger partial charge in [0.15, 0.2) is 0 Å². The lowest BCUT2D eigenvalue weighted by Gasteiger charge is -2.44. The van der Waals surface area contributed by atoms with Crippen molar-refractivity contribution in [2.24, 2.45) is 0 Å². The second-order valence-corrected chi connectivity index (χ2v) is 8.26. The van der Waals surface area contributed by atoms with Crippen LogP contribution >= 0.6 is 0 Å². The molecule has 144 valence electrons. The van der Waals surface area contributed by atoms with Gasteiger partial charge in [-0.25, -0.2) is 0 Å². The van der Waals surface area contributed by atoms with E-state index in [0.29, 0.717) is 5.92 Å². The topological polar surface area (TPSA) is 32.3 Å². The lowest BCUT2D eigenvalue weighted by atomic mass is 9.82. The zero-order valence-electron chi connectivity index (χ0n) is 17.0. The zero-order valence-corrected chi connectivity index (χ0v) is 17.0. The minimum Gasteiger partial charge on any atom is -0.343 e. The summed E-state index contributed by atoms with van der Waals surface area (Å²) in [7, 11) is 4.30. The van der Waals surface area contributed by atoms with Crippen LogP contribution in [0.1, 0.15) is 73.0 Å². The van der Waals surface area contributed by atoms with Crippen LogP contribution in [0, 0.1) is 0 Å². The van der Waals surface area contributed by atoms with Gasteiger partial charge in [-0.2, -0.15) is 0 Å². The Morgan fingerprint density at radius 1 is 0.963 bits per heavy atom. The summed E-state index contributed by atoms with van der Waals surface area (Å²) in [5, 5.41) is 3.43. The molecule has 0 aliphatic heterocycles. The molecular formula is C24H32N2O. The number of nitrogens with one attached hydrogen (secondary N) is 1. The van der Waals surface area contributed by atoms with Gasteiger partial charge in [0.05, 0.1) is 6.04 Å². The average molecular weight is 365 g/mol. The maximum Gasteiger partial charge on any atom is 0.252 e. The van der Waals surface area contributed by atoms with Gasteiger partial charge in [0.25, 0.3) is 5.91 Å². The van der Waals surface area contributed by atoms with E-state index in [1.807, 2.05) is 24.3 Å². The summed E-state index contributed by atoms with van der Waals surface area (Å²) >= 11 is 0. The Morgan fingerprint density at radius 2 is 1.56 bits per heavy atom. The number of rotatable bonds is 6. The fourth-order valence-electron chi connectivity index (χ4n) is 4.57. The molecule has 3 heteroatoms. The van der Waals surface area contributed by atoms with Gasteiger partial charge in [0.1, 0.15) is 0 Å². The number of carbonyl (C=O) groups is 1. The van der Waals surface area contributed by atoms with Gasteiger partial charge in [-0.3, -0.25) is 4.79 Å². The summed E-state index contributed by atoms with van der Waals surface area (Å²) in [5.41, 5.74) is 3.04. The maximum atomic E-state index is 13.3. The molecule has 0 saturated heterocycles. The summed E-state index contributed by atoms with van der Waals surface area (Å²) in [6, 6.07) is 18.4. The third-order valence-corrected chi connectivity index (χ3v) is 6.13. The van der Waals surface area contributed by atoms with Crippen LogP contribution in [-0.4, -0.2) is 30.4 Å². The van der Waals surface area contributed by atoms with E-state index in [-0.39, 0.29) is 17.5 Å². The quantitative estimate of drug-likeness (QED) is 0.768. The predicted octanol–water partition coefficient (Wildman–Crippen LogP) is 5.16. The number of nitrogens with zero attached hydrogens (tertiary/aromatic N) is 1. The fraction of sp³-hybridized carbons (Fsp3) is 0.458. The van der Waals surface area contributed by atoms with Crippen LogP contribution in [0.15, 0.2) is 54.6 Å². The Bertz CT molecular complexity index is 761. The molecule has 3 rings (SSSR count). The van der Waals surface area contributed by atoms with Crippen LogP contribution in [0.4, 0.5) is 0 Å². The summed E-state index contributed by atoms with van der Waals surface area (Å²) in [5.74, 6) is 0.345. The first kappa shape index (κ1) is 19.6. The molecular weight excluding hydrogens is 332 g/mol. The van der Waals surface area contributed by atoms with Crippen LogP contribution < -0.4 is 5.32 Å². The fourth-order valence-corrected chi connectivity index (χ4v) is 4.57. The molecule has 27 heavy (non-hydrogen) atoms. The SMILES string of the molecule is CC(C)c1ccccc1C(=O)NC(c1ccccc1)C1(N(C)C)CCCC1. The number of benzene rings is 2. The van der Waals surface area contributed by atoms with E-state index in [2.05, 4.69) is 68.5 Å². The molecule has 2 aromatic rings. The van der Waals surface area contributed by atoms with Crippen molar-refractivity contribution in [3.63, 3.8) is 0 Å². The molecule has 0 spiro atoms. The molecule has 0 aromatic heterocycles. The minimum absolute atomic E-state index is 0.0241. The van der Waals surface area contributed by atoms with E-state index in [9.17, 15) is 4.79 Å². The number of amides is 1. The first-order chi connectivity index (χ1) is 13.0. The smallest absolute Gasteiger partial charge is 0.252 e. The van der Waals surface area contributed by atoms with Crippen molar-refractivity contribution in [2.75, 3.05) is 14.1 Å². The van der Waals surface area contributed by atoms with Crippen molar-refractivity contribution in [1.82, 2.24) is 10.2 Å². The first-order valence-electron chi connectivity index (χ1n) is 10.1. The van der Waals surface area contributed by atoms with E-state index in [1.165, 1.54) is 18.4 Å². The molecule has 1 atom stereocenters. The van der Waals surface area contributed by atoms with Gasteiger partial charge < -0.3 is 10.2 Å². The van der Waals surface area contributed by atoms with Crippen molar-refractivity contribution >= 4 is 5.91 Å². The summed E-state index contributed by atoms with van der Waals surface area (Å²) in [4.78, 5) is 15.7. The van der Waals surface area contributed by atoms with Crippen LogP contribution in [0.25, 0.3) is 0 Å². The van der Waals surface area contributed by atoms with Crippen LogP contribution in [0.5, 0.6) is 0 Å². The minimum atomic E-state index is -0.0379. The highest BCUT2D eigenvalue weighted by Crippen LogP contribution is 2.43. The monoisotopic (exact) mass is 364 g/mol. The van der Waals surface area contributed by atoms with Crippen molar-refractivity contribution in [2.45, 2.75) is 57.0 Å². The molecule has 1 amide bonds. The van der Waals surface area contributed by atoms with E-state index in [1.54, 1.807) is 0 Å². The summed E-state index contributed by atoms with van der Waals surface area (Å²) in [6.45, 7) is 4.28. The van der Waals surface area contributed by atoms with Crippen molar-refractivity contribution in [1.29, 1.82) is 0 Å². The van der Waals surface area contributed by atoms with Gasteiger partial charge in [0, 0.05) is 11.1 Å². The zero-order chi connectivity index (χ0) is 19.4. The third kappa shape index (κ3) is 3.93. The van der Waals surface area contributed by atoms with E-state index in [0.717, 1.165) is 24.0 Å². The highest BCUT2D eigenvalue weighted by Gasteiger charge is 2.44. The van der Waals surface area contributed by atoms with Gasteiger partial charge in [-0.05, 0) is 50.0 Å². The summed E-state index contributed by atoms with van der Waals surface area (Å²) in [6.07, 6.45) is 4.62. The molecule has 1 fully saturated rings. The molecule has 0 heterocycles. The van der Waals surface area contributed by atoms with Crippen molar-refractivity contribution in [3.05, 3.63) is 71.3 Å². The highest BCUT2D eigenvalue weighted by atomic mass is 16.1. The number of likely N-dealkylation sites (N-methyl/N-ethyl adjacent to an activating group) is 1. The van der Waals surface area contributed by atoms with E-state index in [4.69, 9.17) is 0 Å². The Kier molecular flexibility index (Phi) is 6.01. The van der Waals surface area contributed by atoms with E-state index >= 15 is 0 Å². The number of carbonyl (C=O) groups excluding carboxylic acids is 1. The maximum absolute atomic E-state index is 13.3. The van der Waals surface area contributed by atoms with Gasteiger partial charge >= 0.3 is 0 Å². The highest BCUT2D eigenvalue weighted by molar-refractivity contribution is 5.96. The molecule has 0 bridgehead atoms.